The molecule has 46 heavy (non-hydrogen) atoms. The van der Waals surface area contributed by atoms with Gasteiger partial charge in [-0.25, -0.2) is 0 Å². The Labute approximate surface area is 270 Å². The Balaban J connectivity index is 1.54. The molecule has 0 bridgehead atoms. The summed E-state index contributed by atoms with van der Waals surface area (Å²) in [5.41, 5.74) is 9.66. The summed E-state index contributed by atoms with van der Waals surface area (Å²) < 4.78 is 12.3. The lowest BCUT2D eigenvalue weighted by Gasteiger charge is -2.35. The molecule has 0 spiro atoms. The molecule has 2 aliphatic rings. The lowest BCUT2D eigenvalue weighted by atomic mass is 9.66. The van der Waals surface area contributed by atoms with Crippen LogP contribution in [0, 0.1) is 5.92 Å². The second-order valence-electron chi connectivity index (χ2n) is 12.0. The number of benzene rings is 5. The average Bonchev–Trinajstić information content (AvgIpc) is 3.41. The van der Waals surface area contributed by atoms with Gasteiger partial charge in [0.25, 0.3) is 0 Å². The summed E-state index contributed by atoms with van der Waals surface area (Å²) in [6.07, 6.45) is 8.70. The topological polar surface area (TPSA) is 58.9 Å². The van der Waals surface area contributed by atoms with Gasteiger partial charge in [0.1, 0.15) is 24.7 Å². The fraction of sp³-hybridized carbons (Fsp3) is 0.190. The fourth-order valence-corrected chi connectivity index (χ4v) is 7.35. The summed E-state index contributed by atoms with van der Waals surface area (Å²) in [7, 11) is 0. The highest BCUT2D eigenvalue weighted by Gasteiger charge is 2.46. The predicted octanol–water partition coefficient (Wildman–Crippen LogP) is 8.30. The molecule has 0 radical (unpaired) electrons. The maximum Gasteiger partial charge on any atom is 0.127 e. The first-order chi connectivity index (χ1) is 22.7. The number of hydrogen-bond donors (Lipinski definition) is 2. The van der Waals surface area contributed by atoms with Gasteiger partial charge in [-0.15, -0.1) is 0 Å². The summed E-state index contributed by atoms with van der Waals surface area (Å²) >= 11 is 0. The highest BCUT2D eigenvalue weighted by atomic mass is 16.5. The van der Waals surface area contributed by atoms with E-state index in [9.17, 15) is 10.2 Å². The normalized spacial score (nSPS) is 17.4. The smallest absolute Gasteiger partial charge is 0.127 e. The molecule has 0 heterocycles. The largest absolute Gasteiger partial charge is 0.491 e. The Hall–Kier alpha value is -4.90. The molecular formula is C42H38O4. The van der Waals surface area contributed by atoms with E-state index in [1.807, 2.05) is 18.2 Å². The van der Waals surface area contributed by atoms with Crippen LogP contribution >= 0.6 is 0 Å². The van der Waals surface area contributed by atoms with E-state index in [4.69, 9.17) is 9.47 Å². The Bertz CT molecular complexity index is 1860. The molecule has 0 aromatic heterocycles. The van der Waals surface area contributed by atoms with Crippen LogP contribution in [0.2, 0.25) is 0 Å². The molecular weight excluding hydrogens is 568 g/mol. The molecule has 0 amide bonds. The van der Waals surface area contributed by atoms with Crippen LogP contribution in [0.5, 0.6) is 11.5 Å². The van der Waals surface area contributed by atoms with Gasteiger partial charge >= 0.3 is 0 Å². The highest BCUT2D eigenvalue weighted by Crippen LogP contribution is 2.57. The zero-order valence-corrected chi connectivity index (χ0v) is 26.0. The lowest BCUT2D eigenvalue weighted by molar-refractivity contribution is 0.199. The first kappa shape index (κ1) is 29.8. The van der Waals surface area contributed by atoms with Gasteiger partial charge in [-0.1, -0.05) is 122 Å². The molecule has 2 aliphatic carbocycles. The van der Waals surface area contributed by atoms with Crippen LogP contribution < -0.4 is 9.47 Å². The molecule has 5 aromatic carbocycles. The maximum atomic E-state index is 9.64. The summed E-state index contributed by atoms with van der Waals surface area (Å²) in [6.45, 7) is 2.59. The van der Waals surface area contributed by atoms with E-state index in [-0.39, 0.29) is 38.3 Å². The van der Waals surface area contributed by atoms with Crippen molar-refractivity contribution in [2.45, 2.75) is 18.3 Å². The van der Waals surface area contributed by atoms with Crippen LogP contribution in [-0.2, 0) is 5.41 Å². The first-order valence-corrected chi connectivity index (χ1v) is 16.0. The van der Waals surface area contributed by atoms with Gasteiger partial charge in [-0.2, -0.15) is 0 Å². The van der Waals surface area contributed by atoms with E-state index in [1.54, 1.807) is 0 Å². The lowest BCUT2D eigenvalue weighted by Crippen LogP contribution is -2.29. The van der Waals surface area contributed by atoms with Crippen LogP contribution in [0.1, 0.15) is 40.7 Å². The minimum absolute atomic E-state index is 0.0468. The minimum atomic E-state index is -0.631. The number of allylic oxidation sites excluding steroid dienone is 4. The zero-order chi connectivity index (χ0) is 31.5. The van der Waals surface area contributed by atoms with Crippen molar-refractivity contribution in [3.63, 3.8) is 0 Å². The van der Waals surface area contributed by atoms with Gasteiger partial charge in [0.15, 0.2) is 0 Å². The number of fused-ring (bicyclic) bond motifs is 3. The highest BCUT2D eigenvalue weighted by molar-refractivity contribution is 5.87. The Morgan fingerprint density at radius 3 is 1.80 bits per heavy atom. The second-order valence-corrected chi connectivity index (χ2v) is 12.0. The third-order valence-electron chi connectivity index (χ3n) is 9.36. The van der Waals surface area contributed by atoms with Gasteiger partial charge in [-0.05, 0) is 69.1 Å². The maximum absolute atomic E-state index is 9.64. The molecule has 0 saturated heterocycles. The molecule has 0 aliphatic heterocycles. The van der Waals surface area contributed by atoms with Crippen molar-refractivity contribution in [2.75, 3.05) is 26.4 Å². The van der Waals surface area contributed by atoms with Crippen molar-refractivity contribution in [1.29, 1.82) is 0 Å². The zero-order valence-electron chi connectivity index (χ0n) is 26.0. The number of aliphatic hydroxyl groups excluding tert-OH is 2. The monoisotopic (exact) mass is 606 g/mol. The Kier molecular flexibility index (Phi) is 8.32. The molecule has 4 nitrogen and oxygen atoms in total. The molecule has 2 unspecified atom stereocenters. The van der Waals surface area contributed by atoms with Gasteiger partial charge in [0.05, 0.1) is 18.6 Å². The second kappa shape index (κ2) is 12.8. The van der Waals surface area contributed by atoms with Crippen LogP contribution in [0.25, 0.3) is 22.3 Å². The van der Waals surface area contributed by atoms with Crippen LogP contribution in [0.3, 0.4) is 0 Å². The standard InChI is InChI=1S/C42H38O4/c1-29-11-5-6-14-33(29)37-28-32(20-22-41(37)46-26-24-44)42(38-17-9-7-15-34(38)35-16-8-10-18-39(35)42)31-19-21-40(45-25-23-43)36(27-31)30-12-3-2-4-13-30/h2-22,27-29,33,43-44H,23-26H2,1H3. The third-order valence-corrected chi connectivity index (χ3v) is 9.36. The van der Waals surface area contributed by atoms with Crippen molar-refractivity contribution < 1.29 is 19.7 Å². The summed E-state index contributed by atoms with van der Waals surface area (Å²) in [5, 5.41) is 19.2. The summed E-state index contributed by atoms with van der Waals surface area (Å²) in [5.74, 6) is 1.93. The molecule has 2 atom stereocenters. The Morgan fingerprint density at radius 1 is 0.587 bits per heavy atom. The van der Waals surface area contributed by atoms with E-state index >= 15 is 0 Å². The van der Waals surface area contributed by atoms with Gasteiger partial charge in [-0.3, -0.25) is 0 Å². The molecule has 230 valence electrons. The summed E-state index contributed by atoms with van der Waals surface area (Å²) in [4.78, 5) is 0. The van der Waals surface area contributed by atoms with E-state index < -0.39 is 5.41 Å². The molecule has 4 heteroatoms. The van der Waals surface area contributed by atoms with Gasteiger partial charge in [0.2, 0.25) is 0 Å². The molecule has 0 fully saturated rings. The van der Waals surface area contributed by atoms with Gasteiger partial charge < -0.3 is 19.7 Å². The quantitative estimate of drug-likeness (QED) is 0.165. The number of hydrogen-bond acceptors (Lipinski definition) is 4. The van der Waals surface area contributed by atoms with Gasteiger partial charge in [0, 0.05) is 17.0 Å². The van der Waals surface area contributed by atoms with Crippen LogP contribution in [-0.4, -0.2) is 36.6 Å². The van der Waals surface area contributed by atoms with Crippen molar-refractivity contribution in [3.8, 4) is 33.8 Å². The SMILES string of the molecule is CC1C=CC=CC1c1cc(C2(c3ccc(OCCO)c(-c4ccccc4)c3)c3ccccc3-c3ccccc32)ccc1OCCO. The number of ether oxygens (including phenoxy) is 2. The summed E-state index contributed by atoms with van der Waals surface area (Å²) in [6, 6.07) is 40.9. The van der Waals surface area contributed by atoms with Crippen LogP contribution in [0.4, 0.5) is 0 Å². The van der Waals surface area contributed by atoms with E-state index in [1.165, 1.54) is 22.3 Å². The molecule has 5 aromatic rings. The minimum Gasteiger partial charge on any atom is -0.491 e. The molecule has 7 rings (SSSR count). The molecule has 2 N–H and O–H groups in total. The van der Waals surface area contributed by atoms with E-state index in [0.29, 0.717) is 0 Å². The fourth-order valence-electron chi connectivity index (χ4n) is 7.35. The number of aliphatic hydroxyl groups is 2. The van der Waals surface area contributed by atoms with Crippen LogP contribution in [0.15, 0.2) is 140 Å². The number of rotatable bonds is 10. The van der Waals surface area contributed by atoms with Crippen molar-refractivity contribution >= 4 is 0 Å². The predicted molar refractivity (Wildman–Crippen MR) is 185 cm³/mol. The molecule has 0 saturated carbocycles. The van der Waals surface area contributed by atoms with Crippen molar-refractivity contribution in [3.05, 3.63) is 167 Å². The average molecular weight is 607 g/mol. The van der Waals surface area contributed by atoms with Crippen molar-refractivity contribution in [2.24, 2.45) is 5.92 Å². The van der Waals surface area contributed by atoms with E-state index in [2.05, 4.69) is 128 Å². The Morgan fingerprint density at radius 2 is 1.15 bits per heavy atom. The van der Waals surface area contributed by atoms with E-state index in [0.717, 1.165) is 39.3 Å². The third kappa shape index (κ3) is 5.04. The first-order valence-electron chi connectivity index (χ1n) is 16.0. The van der Waals surface area contributed by atoms with Crippen molar-refractivity contribution in [1.82, 2.24) is 0 Å².